The molecular formula is C33H40ClN3O6S. The molecule has 3 aromatic carbocycles. The third kappa shape index (κ3) is 8.04. The number of hydrogen-bond donors (Lipinski definition) is 1. The van der Waals surface area contributed by atoms with E-state index in [1.165, 1.54) is 49.5 Å². The second-order valence-electron chi connectivity index (χ2n) is 11.0. The highest BCUT2D eigenvalue weighted by molar-refractivity contribution is 7.92. The molecule has 0 aliphatic heterocycles. The number of hydrogen-bond acceptors (Lipinski definition) is 6. The molecule has 1 saturated carbocycles. The summed E-state index contributed by atoms with van der Waals surface area (Å²) in [5.41, 5.74) is 2.12. The van der Waals surface area contributed by atoms with Crippen LogP contribution in [-0.4, -0.2) is 58.0 Å². The Morgan fingerprint density at radius 3 is 2.18 bits per heavy atom. The second kappa shape index (κ2) is 14.8. The van der Waals surface area contributed by atoms with Crippen LogP contribution in [0.5, 0.6) is 11.5 Å². The number of benzene rings is 3. The number of anilines is 1. The molecule has 0 unspecified atom stereocenters. The van der Waals surface area contributed by atoms with Crippen molar-refractivity contribution in [2.75, 3.05) is 25.1 Å². The van der Waals surface area contributed by atoms with Crippen molar-refractivity contribution in [3.05, 3.63) is 82.9 Å². The molecule has 3 aromatic rings. The van der Waals surface area contributed by atoms with Gasteiger partial charge >= 0.3 is 0 Å². The van der Waals surface area contributed by atoms with Crippen LogP contribution in [-0.2, 0) is 26.2 Å². The van der Waals surface area contributed by atoms with Crippen molar-refractivity contribution in [1.29, 1.82) is 0 Å². The summed E-state index contributed by atoms with van der Waals surface area (Å²) in [5, 5.41) is 3.53. The lowest BCUT2D eigenvalue weighted by Gasteiger charge is -2.33. The average Bonchev–Trinajstić information content (AvgIpc) is 3.03. The number of carbonyl (C=O) groups is 2. The molecule has 11 heteroatoms. The SMILES string of the molecule is COc1ccc(S(=O)(=O)N(CC(=O)N(Cc2ccc(C)cc2)[C@H](C)C(=O)NC2CCCCC2)c2ccc(Cl)cc2)cc1OC. The Morgan fingerprint density at radius 2 is 1.57 bits per heavy atom. The lowest BCUT2D eigenvalue weighted by molar-refractivity contribution is -0.139. The molecule has 1 atom stereocenters. The average molecular weight is 642 g/mol. The van der Waals surface area contributed by atoms with E-state index in [-0.39, 0.29) is 34.8 Å². The molecule has 44 heavy (non-hydrogen) atoms. The summed E-state index contributed by atoms with van der Waals surface area (Å²) < 4.78 is 40.0. The van der Waals surface area contributed by atoms with Gasteiger partial charge in [-0.2, -0.15) is 0 Å². The van der Waals surface area contributed by atoms with E-state index in [0.717, 1.165) is 47.5 Å². The van der Waals surface area contributed by atoms with Crippen molar-refractivity contribution in [3.8, 4) is 11.5 Å². The van der Waals surface area contributed by atoms with Gasteiger partial charge in [-0.25, -0.2) is 8.42 Å². The van der Waals surface area contributed by atoms with E-state index in [1.807, 2.05) is 31.2 Å². The van der Waals surface area contributed by atoms with E-state index in [2.05, 4.69) is 5.32 Å². The predicted octanol–water partition coefficient (Wildman–Crippen LogP) is 5.73. The van der Waals surface area contributed by atoms with Gasteiger partial charge < -0.3 is 19.7 Å². The first kappa shape index (κ1) is 33.1. The predicted molar refractivity (Wildman–Crippen MR) is 172 cm³/mol. The van der Waals surface area contributed by atoms with Crippen molar-refractivity contribution in [2.45, 2.75) is 69.5 Å². The lowest BCUT2D eigenvalue weighted by atomic mass is 9.95. The molecule has 1 aliphatic rings. The Labute approximate surface area is 265 Å². The Morgan fingerprint density at radius 1 is 0.932 bits per heavy atom. The van der Waals surface area contributed by atoms with E-state index in [4.69, 9.17) is 21.1 Å². The molecule has 1 fully saturated rings. The number of halogens is 1. The molecule has 1 N–H and O–H groups in total. The first-order valence-corrected chi connectivity index (χ1v) is 16.5. The van der Waals surface area contributed by atoms with Gasteiger partial charge in [-0.15, -0.1) is 0 Å². The summed E-state index contributed by atoms with van der Waals surface area (Å²) >= 11 is 6.12. The Balaban J connectivity index is 1.70. The fourth-order valence-electron chi connectivity index (χ4n) is 5.28. The van der Waals surface area contributed by atoms with Gasteiger partial charge in [0.15, 0.2) is 11.5 Å². The molecule has 0 radical (unpaired) electrons. The zero-order valence-electron chi connectivity index (χ0n) is 25.6. The van der Waals surface area contributed by atoms with Gasteiger partial charge in [0, 0.05) is 23.7 Å². The van der Waals surface area contributed by atoms with Gasteiger partial charge in [0.1, 0.15) is 12.6 Å². The summed E-state index contributed by atoms with van der Waals surface area (Å²) in [7, 11) is -1.42. The summed E-state index contributed by atoms with van der Waals surface area (Å²) in [6, 6.07) is 17.3. The van der Waals surface area contributed by atoms with Crippen molar-refractivity contribution in [3.63, 3.8) is 0 Å². The number of nitrogens with zero attached hydrogens (tertiary/aromatic N) is 2. The van der Waals surface area contributed by atoms with Gasteiger partial charge in [-0.1, -0.05) is 60.7 Å². The molecule has 2 amide bonds. The van der Waals surface area contributed by atoms with Gasteiger partial charge in [-0.3, -0.25) is 13.9 Å². The Kier molecular flexibility index (Phi) is 11.2. The molecule has 236 valence electrons. The largest absolute Gasteiger partial charge is 0.493 e. The first-order chi connectivity index (χ1) is 21.0. The number of sulfonamides is 1. The smallest absolute Gasteiger partial charge is 0.264 e. The Bertz CT molecular complexity index is 1540. The molecule has 0 heterocycles. The number of amides is 2. The minimum atomic E-state index is -4.29. The second-order valence-corrected chi connectivity index (χ2v) is 13.3. The third-order valence-electron chi connectivity index (χ3n) is 7.93. The standard InChI is InChI=1S/C33H40ClN3O6S/c1-23-10-12-25(13-11-23)21-36(24(2)33(39)35-27-8-6-5-7-9-27)32(38)22-37(28-16-14-26(34)15-17-28)44(40,41)29-18-19-30(42-3)31(20-29)43-4/h10-20,24,27H,5-9,21-22H2,1-4H3,(H,35,39)/t24-/m1/s1. The molecule has 9 nitrogen and oxygen atoms in total. The number of methoxy groups -OCH3 is 2. The van der Waals surface area contributed by atoms with Crippen LogP contribution in [0.2, 0.25) is 5.02 Å². The molecule has 1 aliphatic carbocycles. The molecule has 0 bridgehead atoms. The highest BCUT2D eigenvalue weighted by atomic mass is 35.5. The van der Waals surface area contributed by atoms with Gasteiger partial charge in [0.25, 0.3) is 10.0 Å². The normalized spacial score (nSPS) is 14.4. The molecule has 0 spiro atoms. The summed E-state index contributed by atoms with van der Waals surface area (Å²) in [6.07, 6.45) is 5.05. The van der Waals surface area contributed by atoms with Gasteiger partial charge in [0.05, 0.1) is 24.8 Å². The maximum atomic E-state index is 14.2. The first-order valence-electron chi connectivity index (χ1n) is 14.7. The van der Waals surface area contributed by atoms with Crippen LogP contribution in [0.25, 0.3) is 0 Å². The fourth-order valence-corrected chi connectivity index (χ4v) is 6.84. The summed E-state index contributed by atoms with van der Waals surface area (Å²) in [6.45, 7) is 3.23. The van der Waals surface area contributed by atoms with Crippen LogP contribution >= 0.6 is 11.6 Å². The molecule has 0 saturated heterocycles. The number of rotatable bonds is 12. The van der Waals surface area contributed by atoms with E-state index in [9.17, 15) is 18.0 Å². The lowest BCUT2D eigenvalue weighted by Crippen LogP contribution is -2.53. The van der Waals surface area contributed by atoms with E-state index < -0.39 is 28.5 Å². The van der Waals surface area contributed by atoms with Crippen molar-refractivity contribution in [2.24, 2.45) is 0 Å². The van der Waals surface area contributed by atoms with E-state index in [0.29, 0.717) is 10.8 Å². The van der Waals surface area contributed by atoms with Crippen LogP contribution in [0.4, 0.5) is 5.69 Å². The summed E-state index contributed by atoms with van der Waals surface area (Å²) in [5.74, 6) is -0.207. The third-order valence-corrected chi connectivity index (χ3v) is 9.95. The van der Waals surface area contributed by atoms with Gasteiger partial charge in [-0.05, 0) is 68.7 Å². The summed E-state index contributed by atoms with van der Waals surface area (Å²) in [4.78, 5) is 29.0. The minimum absolute atomic E-state index is 0.0611. The fraction of sp³-hybridized carbons (Fsp3) is 0.394. The zero-order chi connectivity index (χ0) is 31.9. The monoisotopic (exact) mass is 641 g/mol. The van der Waals surface area contributed by atoms with Gasteiger partial charge in [0.2, 0.25) is 11.8 Å². The van der Waals surface area contributed by atoms with Crippen LogP contribution in [0.1, 0.15) is 50.2 Å². The number of ether oxygens (including phenoxy) is 2. The van der Waals surface area contributed by atoms with Crippen LogP contribution in [0.15, 0.2) is 71.6 Å². The van der Waals surface area contributed by atoms with Crippen LogP contribution in [0, 0.1) is 6.92 Å². The van der Waals surface area contributed by atoms with Crippen LogP contribution in [0.3, 0.4) is 0 Å². The van der Waals surface area contributed by atoms with E-state index in [1.54, 1.807) is 19.1 Å². The maximum absolute atomic E-state index is 14.2. The van der Waals surface area contributed by atoms with Crippen molar-refractivity contribution in [1.82, 2.24) is 10.2 Å². The molecule has 4 rings (SSSR count). The highest BCUT2D eigenvalue weighted by Crippen LogP contribution is 2.33. The van der Waals surface area contributed by atoms with Crippen LogP contribution < -0.4 is 19.1 Å². The minimum Gasteiger partial charge on any atom is -0.493 e. The topological polar surface area (TPSA) is 105 Å². The Hall–Kier alpha value is -3.76. The molecular weight excluding hydrogens is 602 g/mol. The quantitative estimate of drug-likeness (QED) is 0.271. The van der Waals surface area contributed by atoms with Crippen molar-refractivity contribution < 1.29 is 27.5 Å². The van der Waals surface area contributed by atoms with Crippen molar-refractivity contribution >= 4 is 39.1 Å². The number of carbonyl (C=O) groups excluding carboxylic acids is 2. The maximum Gasteiger partial charge on any atom is 0.264 e. The number of nitrogens with one attached hydrogen (secondary N) is 1. The zero-order valence-corrected chi connectivity index (χ0v) is 27.2. The highest BCUT2D eigenvalue weighted by Gasteiger charge is 2.33. The number of aryl methyl sites for hydroxylation is 1. The molecule has 0 aromatic heterocycles. The van der Waals surface area contributed by atoms with E-state index >= 15 is 0 Å².